The van der Waals surface area contributed by atoms with E-state index < -0.39 is 41.9 Å². The summed E-state index contributed by atoms with van der Waals surface area (Å²) in [6.07, 6.45) is 4.45. The molecule has 0 radical (unpaired) electrons. The van der Waals surface area contributed by atoms with Gasteiger partial charge in [0.05, 0.1) is 11.6 Å². The van der Waals surface area contributed by atoms with Crippen molar-refractivity contribution in [3.8, 4) is 0 Å². The zero-order valence-electron chi connectivity index (χ0n) is 30.0. The van der Waals surface area contributed by atoms with Gasteiger partial charge in [0, 0.05) is 26.1 Å². The minimum absolute atomic E-state index is 0.192. The second-order valence-corrected chi connectivity index (χ2v) is 14.3. The van der Waals surface area contributed by atoms with Gasteiger partial charge in [-0.2, -0.15) is 0 Å². The molecule has 9 N–H and O–H groups in total. The summed E-state index contributed by atoms with van der Waals surface area (Å²) in [5.41, 5.74) is 13.4. The number of hydrogen-bond donors (Lipinski definition) is 7. The quantitative estimate of drug-likeness (QED) is 0.114. The van der Waals surface area contributed by atoms with Crippen LogP contribution in [0, 0.1) is 5.92 Å². The maximum atomic E-state index is 14.0. The maximum absolute atomic E-state index is 14.0. The molecule has 4 atom stereocenters. The molecule has 4 rings (SSSR count). The Hall–Kier alpha value is -4.49. The lowest BCUT2D eigenvalue weighted by Gasteiger charge is -2.39. The molecule has 2 fully saturated rings. The van der Waals surface area contributed by atoms with Crippen LogP contribution in [-0.4, -0.2) is 90.4 Å². The van der Waals surface area contributed by atoms with E-state index in [-0.39, 0.29) is 29.8 Å². The summed E-state index contributed by atoms with van der Waals surface area (Å²) in [6, 6.07) is 14.9. The van der Waals surface area contributed by atoms with Crippen molar-refractivity contribution in [2.45, 2.75) is 101 Å². The molecule has 13 nitrogen and oxygen atoms in total. The van der Waals surface area contributed by atoms with Gasteiger partial charge in [0.1, 0.15) is 18.1 Å². The summed E-state index contributed by atoms with van der Waals surface area (Å²) in [5, 5.41) is 14.5. The van der Waals surface area contributed by atoms with Crippen LogP contribution in [0.2, 0.25) is 0 Å². The normalized spacial score (nSPS) is 17.5. The SMILES string of the molecule is CC(C)CC[C@@H](NC(=O)[C@@H](Cc1ccccc1)NC(=O)[C@H](N)Cc1ccccc1)C(=O)N[C@H](CCCCN)C(=O)N1CCC2(CC1)CNC(=O)N2. The highest BCUT2D eigenvalue weighted by atomic mass is 16.2. The average Bonchev–Trinajstić information content (AvgIpc) is 3.48. The van der Waals surface area contributed by atoms with E-state index in [1.54, 1.807) is 4.90 Å². The summed E-state index contributed by atoms with van der Waals surface area (Å²) in [7, 11) is 0. The van der Waals surface area contributed by atoms with Gasteiger partial charge in [-0.15, -0.1) is 0 Å². The molecule has 278 valence electrons. The van der Waals surface area contributed by atoms with E-state index in [2.05, 4.69) is 26.6 Å². The van der Waals surface area contributed by atoms with Crippen molar-refractivity contribution in [1.29, 1.82) is 0 Å². The first kappa shape index (κ1) is 39.3. The lowest BCUT2D eigenvalue weighted by atomic mass is 9.88. The molecule has 0 unspecified atom stereocenters. The Morgan fingerprint density at radius 1 is 0.765 bits per heavy atom. The predicted molar refractivity (Wildman–Crippen MR) is 196 cm³/mol. The Balaban J connectivity index is 1.47. The number of likely N-dealkylation sites (tertiary alicyclic amines) is 1. The van der Waals surface area contributed by atoms with E-state index in [1.165, 1.54) is 0 Å². The van der Waals surface area contributed by atoms with Gasteiger partial charge in [0.15, 0.2) is 0 Å². The monoisotopic (exact) mass is 704 g/mol. The van der Waals surface area contributed by atoms with Crippen LogP contribution in [0.5, 0.6) is 0 Å². The molecule has 1 spiro atoms. The summed E-state index contributed by atoms with van der Waals surface area (Å²) >= 11 is 0. The number of rotatable bonds is 18. The first-order valence-corrected chi connectivity index (χ1v) is 18.3. The van der Waals surface area contributed by atoms with E-state index >= 15 is 0 Å². The van der Waals surface area contributed by atoms with Crippen LogP contribution in [0.3, 0.4) is 0 Å². The van der Waals surface area contributed by atoms with E-state index in [0.29, 0.717) is 77.5 Å². The van der Waals surface area contributed by atoms with Gasteiger partial charge >= 0.3 is 6.03 Å². The van der Waals surface area contributed by atoms with Gasteiger partial charge in [-0.05, 0) is 75.0 Å². The van der Waals surface area contributed by atoms with Gasteiger partial charge in [0.2, 0.25) is 23.6 Å². The molecular formula is C38H56N8O5. The van der Waals surface area contributed by atoms with Crippen LogP contribution in [0.15, 0.2) is 60.7 Å². The molecule has 0 bridgehead atoms. The average molecular weight is 705 g/mol. The largest absolute Gasteiger partial charge is 0.343 e. The number of nitrogens with one attached hydrogen (secondary N) is 5. The standard InChI is InChI=1S/C38H56N8O5/c1-26(2)16-17-30(34(48)43-31(15-9-10-20-39)36(50)46-21-18-38(19-22-46)25-41-37(51)45-38)42-35(49)32(24-28-13-7-4-8-14-28)44-33(47)29(40)23-27-11-5-3-6-12-27/h3-8,11-14,26,29-32H,9-10,15-25,39-40H2,1-2H3,(H,42,49)(H,43,48)(H,44,47)(H2,41,45,51)/t29-,30-,31-,32-/m1/s1. The second-order valence-electron chi connectivity index (χ2n) is 14.3. The predicted octanol–water partition coefficient (Wildman–Crippen LogP) is 1.49. The van der Waals surface area contributed by atoms with Crippen LogP contribution >= 0.6 is 0 Å². The molecule has 13 heteroatoms. The zero-order chi connectivity index (χ0) is 36.8. The van der Waals surface area contributed by atoms with Crippen LogP contribution in [-0.2, 0) is 32.0 Å². The fourth-order valence-electron chi connectivity index (χ4n) is 6.62. The Morgan fingerprint density at radius 3 is 1.90 bits per heavy atom. The molecule has 0 aromatic heterocycles. The third-order valence-corrected chi connectivity index (χ3v) is 9.78. The number of urea groups is 1. The minimum Gasteiger partial charge on any atom is -0.343 e. The topological polar surface area (TPSA) is 201 Å². The van der Waals surface area contributed by atoms with Gasteiger partial charge in [-0.25, -0.2) is 4.79 Å². The molecule has 0 aliphatic carbocycles. The molecule has 2 aliphatic heterocycles. The molecule has 2 aromatic rings. The lowest BCUT2D eigenvalue weighted by molar-refractivity contribution is -0.139. The van der Waals surface area contributed by atoms with Crippen LogP contribution in [0.4, 0.5) is 4.79 Å². The summed E-state index contributed by atoms with van der Waals surface area (Å²) < 4.78 is 0. The Morgan fingerprint density at radius 2 is 1.33 bits per heavy atom. The second kappa shape index (κ2) is 19.2. The first-order valence-electron chi connectivity index (χ1n) is 18.3. The molecule has 2 aromatic carbocycles. The van der Waals surface area contributed by atoms with E-state index in [9.17, 15) is 24.0 Å². The fraction of sp³-hybridized carbons (Fsp3) is 0.553. The molecule has 2 aliphatic rings. The molecule has 0 saturated carbocycles. The zero-order valence-corrected chi connectivity index (χ0v) is 30.0. The Labute approximate surface area is 301 Å². The third-order valence-electron chi connectivity index (χ3n) is 9.78. The van der Waals surface area contributed by atoms with Crippen molar-refractivity contribution < 1.29 is 24.0 Å². The minimum atomic E-state index is -0.996. The highest BCUT2D eigenvalue weighted by Gasteiger charge is 2.42. The maximum Gasteiger partial charge on any atom is 0.315 e. The number of amides is 6. The molecule has 51 heavy (non-hydrogen) atoms. The van der Waals surface area contributed by atoms with Crippen molar-refractivity contribution in [2.24, 2.45) is 17.4 Å². The highest BCUT2D eigenvalue weighted by molar-refractivity contribution is 5.95. The number of carbonyl (C=O) groups excluding carboxylic acids is 5. The highest BCUT2D eigenvalue weighted by Crippen LogP contribution is 2.25. The van der Waals surface area contributed by atoms with Gasteiger partial charge < -0.3 is 43.0 Å². The molecular weight excluding hydrogens is 648 g/mol. The number of benzene rings is 2. The fourth-order valence-corrected chi connectivity index (χ4v) is 6.62. The molecule has 2 saturated heterocycles. The van der Waals surface area contributed by atoms with Crippen molar-refractivity contribution in [3.05, 3.63) is 71.8 Å². The summed E-state index contributed by atoms with van der Waals surface area (Å²) in [4.78, 5) is 68.7. The number of carbonyl (C=O) groups is 5. The number of nitrogens with two attached hydrogens (primary N) is 2. The van der Waals surface area contributed by atoms with E-state index in [1.807, 2.05) is 74.5 Å². The van der Waals surface area contributed by atoms with Crippen molar-refractivity contribution >= 4 is 29.7 Å². The van der Waals surface area contributed by atoms with E-state index in [0.717, 1.165) is 11.1 Å². The van der Waals surface area contributed by atoms with Crippen molar-refractivity contribution in [3.63, 3.8) is 0 Å². The summed E-state index contributed by atoms with van der Waals surface area (Å²) in [6.45, 7) is 5.95. The number of hydrogen-bond acceptors (Lipinski definition) is 7. The van der Waals surface area contributed by atoms with Gasteiger partial charge in [-0.1, -0.05) is 74.5 Å². The number of nitrogens with zero attached hydrogens (tertiary/aromatic N) is 1. The van der Waals surface area contributed by atoms with E-state index in [4.69, 9.17) is 11.5 Å². The summed E-state index contributed by atoms with van der Waals surface area (Å²) in [5.74, 6) is -1.38. The van der Waals surface area contributed by atoms with Crippen LogP contribution < -0.4 is 38.1 Å². The van der Waals surface area contributed by atoms with Crippen LogP contribution in [0.25, 0.3) is 0 Å². The molecule has 2 heterocycles. The molecule has 6 amide bonds. The van der Waals surface area contributed by atoms with Gasteiger partial charge in [0.25, 0.3) is 0 Å². The number of unbranched alkanes of at least 4 members (excludes halogenated alkanes) is 1. The lowest BCUT2D eigenvalue weighted by Crippen LogP contribution is -2.60. The number of piperidine rings is 1. The van der Waals surface area contributed by atoms with Crippen molar-refractivity contribution in [1.82, 2.24) is 31.5 Å². The van der Waals surface area contributed by atoms with Crippen molar-refractivity contribution in [2.75, 3.05) is 26.2 Å². The first-order chi connectivity index (χ1) is 24.5. The van der Waals surface area contributed by atoms with Crippen LogP contribution in [0.1, 0.15) is 69.9 Å². The third kappa shape index (κ3) is 12.1. The Kier molecular flexibility index (Phi) is 14.8. The van der Waals surface area contributed by atoms with Gasteiger partial charge in [-0.3, -0.25) is 19.2 Å². The Bertz CT molecular complexity index is 1450. The smallest absolute Gasteiger partial charge is 0.315 e.